The molecule has 7 unspecified atom stereocenters. The summed E-state index contributed by atoms with van der Waals surface area (Å²) >= 11 is 0. The lowest BCUT2D eigenvalue weighted by molar-refractivity contribution is -0.271. The number of carbonyl (C=O) groups excluding carboxylic acids is 1. The highest BCUT2D eigenvalue weighted by Gasteiger charge is 2.84. The van der Waals surface area contributed by atoms with Gasteiger partial charge >= 0.3 is 5.97 Å². The van der Waals surface area contributed by atoms with Gasteiger partial charge < -0.3 is 28.8 Å². The van der Waals surface area contributed by atoms with E-state index in [0.29, 0.717) is 31.3 Å². The zero-order valence-corrected chi connectivity index (χ0v) is 22.7. The predicted molar refractivity (Wildman–Crippen MR) is 133 cm³/mol. The van der Waals surface area contributed by atoms with E-state index in [1.165, 1.54) is 0 Å². The van der Waals surface area contributed by atoms with Gasteiger partial charge in [-0.05, 0) is 62.7 Å². The lowest BCUT2D eigenvalue weighted by Crippen LogP contribution is -2.63. The molecule has 0 radical (unpaired) electrons. The zero-order chi connectivity index (χ0) is 26.0. The summed E-state index contributed by atoms with van der Waals surface area (Å²) < 4.78 is 24.4. The maximum Gasteiger partial charge on any atom is 0.315 e. The molecule has 4 aliphatic carbocycles. The van der Waals surface area contributed by atoms with Crippen LogP contribution < -0.4 is 0 Å². The van der Waals surface area contributed by atoms with Crippen LogP contribution in [0.25, 0.3) is 0 Å². The molecule has 0 amide bonds. The maximum absolute atomic E-state index is 13.5. The van der Waals surface area contributed by atoms with Crippen molar-refractivity contribution in [2.45, 2.75) is 91.3 Å². The Kier molecular flexibility index (Phi) is 6.71. The Balaban J connectivity index is 1.52. The highest BCUT2D eigenvalue weighted by atomic mass is 16.7. The SMILES string of the molecule is CCO[C@H]1C[C@H](OCC23CC4C(C)CCC4C4(C=O)CC2C=C(C(C)C)C43C(=O)O)O[C@H](C)[C@H]1OC. The average molecular weight is 505 g/mol. The third-order valence-corrected chi connectivity index (χ3v) is 10.9. The largest absolute Gasteiger partial charge is 0.481 e. The Bertz CT molecular complexity index is 915. The molecule has 4 fully saturated rings. The van der Waals surface area contributed by atoms with Crippen LogP contribution in [0.4, 0.5) is 0 Å². The standard InChI is InChI=1S/C29H44O7/c1-7-34-23-11-24(36-18(5)25(23)33-6)35-15-28-13-20-17(4)8-9-21(20)27(14-30)12-19(28)10-22(16(2)3)29(27,28)26(31)32/h10,14,16-21,23-25H,7-9,11-13,15H2,1-6H3,(H,31,32)/t17?,18-,19?,20?,21?,23+,24-,25-,27?,28?,29?/m1/s1. The second-order valence-electron chi connectivity index (χ2n) is 12.5. The van der Waals surface area contributed by atoms with Crippen LogP contribution in [0.2, 0.25) is 0 Å². The summed E-state index contributed by atoms with van der Waals surface area (Å²) in [6.07, 6.45) is 6.16. The van der Waals surface area contributed by atoms with E-state index in [4.69, 9.17) is 18.9 Å². The molecule has 0 aromatic rings. The summed E-state index contributed by atoms with van der Waals surface area (Å²) in [5, 5.41) is 11.1. The molecule has 7 heteroatoms. The normalized spacial score (nSPS) is 49.2. The van der Waals surface area contributed by atoms with Gasteiger partial charge in [0.25, 0.3) is 0 Å². The van der Waals surface area contributed by atoms with E-state index in [9.17, 15) is 14.7 Å². The van der Waals surface area contributed by atoms with E-state index in [1.807, 2.05) is 13.8 Å². The number of aliphatic carboxylic acids is 1. The summed E-state index contributed by atoms with van der Waals surface area (Å²) in [7, 11) is 1.67. The molecule has 1 N–H and O–H groups in total. The van der Waals surface area contributed by atoms with Crippen molar-refractivity contribution in [3.63, 3.8) is 0 Å². The van der Waals surface area contributed by atoms with Gasteiger partial charge in [0.1, 0.15) is 17.8 Å². The summed E-state index contributed by atoms with van der Waals surface area (Å²) in [6.45, 7) is 11.2. The van der Waals surface area contributed by atoms with Crippen molar-refractivity contribution in [3.8, 4) is 0 Å². The van der Waals surface area contributed by atoms with Gasteiger partial charge in [-0.3, -0.25) is 4.79 Å². The maximum atomic E-state index is 13.5. The van der Waals surface area contributed by atoms with Crippen molar-refractivity contribution >= 4 is 12.3 Å². The van der Waals surface area contributed by atoms with Gasteiger partial charge in [-0.2, -0.15) is 0 Å². The van der Waals surface area contributed by atoms with Crippen LogP contribution in [0.5, 0.6) is 0 Å². The number of ether oxygens (including phenoxy) is 4. The molecule has 5 aliphatic rings. The highest BCUT2D eigenvalue weighted by Crippen LogP contribution is 2.82. The van der Waals surface area contributed by atoms with E-state index < -0.39 is 28.5 Å². The second-order valence-corrected chi connectivity index (χ2v) is 12.5. The number of allylic oxidation sites excluding steroid dienone is 1. The summed E-state index contributed by atoms with van der Waals surface area (Å²) in [6, 6.07) is 0. The van der Waals surface area contributed by atoms with Gasteiger partial charge in [0, 0.05) is 25.6 Å². The number of aldehydes is 1. The molecule has 0 spiro atoms. The predicted octanol–water partition coefficient (Wildman–Crippen LogP) is 4.48. The van der Waals surface area contributed by atoms with Crippen LogP contribution in [0.3, 0.4) is 0 Å². The average Bonchev–Trinajstić information content (AvgIpc) is 3.40. The van der Waals surface area contributed by atoms with Gasteiger partial charge in [0.05, 0.1) is 24.2 Å². The van der Waals surface area contributed by atoms with Crippen LogP contribution in [0.1, 0.15) is 66.7 Å². The summed E-state index contributed by atoms with van der Waals surface area (Å²) in [5.74, 6) is 0.172. The first-order valence-electron chi connectivity index (χ1n) is 14.0. The first-order chi connectivity index (χ1) is 17.1. The monoisotopic (exact) mass is 504 g/mol. The molecule has 3 saturated carbocycles. The fourth-order valence-electron chi connectivity index (χ4n) is 9.70. The van der Waals surface area contributed by atoms with Crippen molar-refractivity contribution < 1.29 is 33.6 Å². The molecule has 11 atom stereocenters. The quantitative estimate of drug-likeness (QED) is 0.366. The minimum Gasteiger partial charge on any atom is -0.481 e. The number of carboxylic acid groups (broad SMARTS) is 1. The second kappa shape index (κ2) is 9.18. The first kappa shape index (κ1) is 26.3. The molecule has 4 bridgehead atoms. The van der Waals surface area contributed by atoms with Gasteiger partial charge in [-0.1, -0.05) is 38.8 Å². The zero-order valence-electron chi connectivity index (χ0n) is 22.7. The summed E-state index contributed by atoms with van der Waals surface area (Å²) in [5.41, 5.74) is -1.81. The Morgan fingerprint density at radius 3 is 2.61 bits per heavy atom. The van der Waals surface area contributed by atoms with Gasteiger partial charge in [0.15, 0.2) is 6.29 Å². The fraction of sp³-hybridized carbons (Fsp3) is 0.862. The van der Waals surface area contributed by atoms with Crippen LogP contribution in [-0.2, 0) is 28.5 Å². The molecule has 202 valence electrons. The number of rotatable bonds is 9. The lowest BCUT2D eigenvalue weighted by Gasteiger charge is -2.58. The first-order valence-corrected chi connectivity index (χ1v) is 14.0. The Morgan fingerprint density at radius 1 is 1.25 bits per heavy atom. The van der Waals surface area contributed by atoms with Gasteiger partial charge in [-0.15, -0.1) is 0 Å². The number of hydrogen-bond donors (Lipinski definition) is 1. The molecule has 7 nitrogen and oxygen atoms in total. The Morgan fingerprint density at radius 2 is 2.00 bits per heavy atom. The third kappa shape index (κ3) is 3.18. The topological polar surface area (TPSA) is 91.3 Å². The molecule has 1 heterocycles. The molecular weight excluding hydrogens is 460 g/mol. The molecule has 5 rings (SSSR count). The summed E-state index contributed by atoms with van der Waals surface area (Å²) in [4.78, 5) is 26.7. The molecule has 0 aromatic carbocycles. The van der Waals surface area contributed by atoms with Crippen molar-refractivity contribution in [2.75, 3.05) is 20.3 Å². The third-order valence-electron chi connectivity index (χ3n) is 10.9. The van der Waals surface area contributed by atoms with Gasteiger partial charge in [-0.25, -0.2) is 0 Å². The Labute approximate surface area is 215 Å². The molecular formula is C29H44O7. The van der Waals surface area contributed by atoms with Crippen molar-refractivity contribution in [1.29, 1.82) is 0 Å². The van der Waals surface area contributed by atoms with E-state index in [0.717, 1.165) is 31.1 Å². The van der Waals surface area contributed by atoms with Crippen LogP contribution in [-0.4, -0.2) is 62.3 Å². The van der Waals surface area contributed by atoms with Crippen LogP contribution in [0, 0.1) is 45.8 Å². The van der Waals surface area contributed by atoms with Crippen LogP contribution >= 0.6 is 0 Å². The molecule has 0 aromatic heterocycles. The fourth-order valence-corrected chi connectivity index (χ4v) is 9.70. The molecule has 1 saturated heterocycles. The lowest BCUT2D eigenvalue weighted by atomic mass is 9.43. The molecule has 1 aliphatic heterocycles. The van der Waals surface area contributed by atoms with E-state index in [1.54, 1.807) is 7.11 Å². The minimum absolute atomic E-state index is 0.0180. The van der Waals surface area contributed by atoms with E-state index in [2.05, 4.69) is 26.8 Å². The number of carboxylic acids is 1. The Hall–Kier alpha value is -1.28. The number of methoxy groups -OCH3 is 1. The van der Waals surface area contributed by atoms with Crippen molar-refractivity contribution in [3.05, 3.63) is 11.6 Å². The number of fused-ring (bicyclic) bond motifs is 2. The van der Waals surface area contributed by atoms with E-state index >= 15 is 0 Å². The number of carbonyl (C=O) groups is 2. The van der Waals surface area contributed by atoms with Crippen LogP contribution in [0.15, 0.2) is 11.6 Å². The number of hydrogen-bond acceptors (Lipinski definition) is 6. The smallest absolute Gasteiger partial charge is 0.315 e. The highest BCUT2D eigenvalue weighted by molar-refractivity contribution is 5.90. The minimum atomic E-state index is -1.22. The van der Waals surface area contributed by atoms with Gasteiger partial charge in [0.2, 0.25) is 0 Å². The van der Waals surface area contributed by atoms with Crippen molar-refractivity contribution in [2.24, 2.45) is 45.8 Å². The van der Waals surface area contributed by atoms with E-state index in [-0.39, 0.29) is 42.7 Å². The van der Waals surface area contributed by atoms with Crippen molar-refractivity contribution in [1.82, 2.24) is 0 Å². The molecule has 36 heavy (non-hydrogen) atoms.